The Kier molecular flexibility index (Phi) is 5.17. The fourth-order valence-corrected chi connectivity index (χ4v) is 1.86. The quantitative estimate of drug-likeness (QED) is 0.479. The van der Waals surface area contributed by atoms with Crippen molar-refractivity contribution in [3.05, 3.63) is 48.0 Å². The second-order valence-electron chi connectivity index (χ2n) is 4.41. The molecule has 20 heavy (non-hydrogen) atoms. The summed E-state index contributed by atoms with van der Waals surface area (Å²) >= 11 is 0. The first-order valence-electron chi connectivity index (χ1n) is 6.58. The molecule has 0 aliphatic carbocycles. The first-order chi connectivity index (χ1) is 9.79. The normalized spacial score (nSPS) is 11.4. The van der Waals surface area contributed by atoms with Crippen LogP contribution in [0, 0.1) is 0 Å². The zero-order chi connectivity index (χ0) is 14.2. The first kappa shape index (κ1) is 14.1. The zero-order valence-electron chi connectivity index (χ0n) is 11.8. The summed E-state index contributed by atoms with van der Waals surface area (Å²) in [6.07, 6.45) is 5.43. The lowest BCUT2D eigenvalue weighted by atomic mass is 10.1. The van der Waals surface area contributed by atoms with Gasteiger partial charge in [0, 0.05) is 11.9 Å². The molecule has 0 fully saturated rings. The molecular formula is C15H19N3O2. The van der Waals surface area contributed by atoms with Crippen molar-refractivity contribution in [1.82, 2.24) is 9.97 Å². The van der Waals surface area contributed by atoms with Crippen LogP contribution in [0.1, 0.15) is 24.6 Å². The highest BCUT2D eigenvalue weighted by molar-refractivity contribution is 5.98. The lowest BCUT2D eigenvalue weighted by Gasteiger charge is -2.06. The molecule has 0 atom stereocenters. The molecule has 0 aliphatic heterocycles. The number of hydrogen-bond acceptors (Lipinski definition) is 4. The Morgan fingerprint density at radius 1 is 1.30 bits per heavy atom. The zero-order valence-corrected chi connectivity index (χ0v) is 11.8. The maximum atomic E-state index is 5.69. The Morgan fingerprint density at radius 3 is 2.75 bits per heavy atom. The van der Waals surface area contributed by atoms with E-state index >= 15 is 0 Å². The van der Waals surface area contributed by atoms with Crippen LogP contribution in [0.25, 0.3) is 0 Å². The Labute approximate surface area is 118 Å². The molecule has 0 amide bonds. The summed E-state index contributed by atoms with van der Waals surface area (Å²) < 4.78 is 5.69. The maximum absolute atomic E-state index is 5.69. The van der Waals surface area contributed by atoms with Gasteiger partial charge in [0.2, 0.25) is 0 Å². The van der Waals surface area contributed by atoms with Crippen molar-refractivity contribution in [2.75, 3.05) is 13.7 Å². The van der Waals surface area contributed by atoms with Crippen LogP contribution in [0.2, 0.25) is 0 Å². The van der Waals surface area contributed by atoms with Crippen molar-refractivity contribution in [2.45, 2.75) is 19.8 Å². The number of aromatic nitrogens is 2. The van der Waals surface area contributed by atoms with Gasteiger partial charge in [-0.3, -0.25) is 0 Å². The van der Waals surface area contributed by atoms with Crippen LogP contribution < -0.4 is 4.74 Å². The van der Waals surface area contributed by atoms with E-state index < -0.39 is 0 Å². The van der Waals surface area contributed by atoms with Gasteiger partial charge in [0.05, 0.1) is 18.6 Å². The minimum Gasteiger partial charge on any atom is -0.494 e. The van der Waals surface area contributed by atoms with Crippen molar-refractivity contribution in [3.8, 4) is 5.75 Å². The van der Waals surface area contributed by atoms with E-state index in [9.17, 15) is 0 Å². The van der Waals surface area contributed by atoms with Crippen molar-refractivity contribution >= 4 is 5.71 Å². The predicted octanol–water partition coefficient (Wildman–Crippen LogP) is 2.79. The Hall–Kier alpha value is -2.30. The minimum absolute atomic E-state index is 0.684. The van der Waals surface area contributed by atoms with Crippen molar-refractivity contribution in [2.24, 2.45) is 5.16 Å². The van der Waals surface area contributed by atoms with Crippen molar-refractivity contribution in [3.63, 3.8) is 0 Å². The molecular weight excluding hydrogens is 254 g/mol. The van der Waals surface area contributed by atoms with Crippen LogP contribution in [0.15, 0.2) is 41.9 Å². The first-order valence-corrected chi connectivity index (χ1v) is 6.58. The standard InChI is InChI=1S/C15H19N3O2/c1-12(18-19-2)13-5-7-15(8-6-13)20-9-3-4-14-10-16-11-17-14/h5-8,10-11H,3-4,9H2,1-2H3,(H,16,17)/b18-12+. The summed E-state index contributed by atoms with van der Waals surface area (Å²) in [5.41, 5.74) is 3.00. The molecule has 2 rings (SSSR count). The summed E-state index contributed by atoms with van der Waals surface area (Å²) in [6.45, 7) is 2.59. The molecule has 0 saturated carbocycles. The van der Waals surface area contributed by atoms with Gasteiger partial charge in [-0.1, -0.05) is 5.16 Å². The molecule has 0 radical (unpaired) electrons. The molecule has 0 saturated heterocycles. The van der Waals surface area contributed by atoms with Crippen molar-refractivity contribution in [1.29, 1.82) is 0 Å². The summed E-state index contributed by atoms with van der Waals surface area (Å²) in [6, 6.07) is 7.84. The van der Waals surface area contributed by atoms with Crippen LogP contribution >= 0.6 is 0 Å². The lowest BCUT2D eigenvalue weighted by Crippen LogP contribution is -2.00. The SMILES string of the molecule is CO/N=C(\C)c1ccc(OCCCc2cnc[nH]2)cc1. The average molecular weight is 273 g/mol. The maximum Gasteiger partial charge on any atom is 0.119 e. The second-order valence-corrected chi connectivity index (χ2v) is 4.41. The van der Waals surface area contributed by atoms with Crippen LogP contribution in [0.3, 0.4) is 0 Å². The van der Waals surface area contributed by atoms with Crippen molar-refractivity contribution < 1.29 is 9.57 Å². The molecule has 1 aromatic heterocycles. The highest BCUT2D eigenvalue weighted by Crippen LogP contribution is 2.13. The second kappa shape index (κ2) is 7.33. The number of H-pyrrole nitrogens is 1. The van der Waals surface area contributed by atoms with Gasteiger partial charge in [0.1, 0.15) is 12.9 Å². The van der Waals surface area contributed by atoms with Gasteiger partial charge >= 0.3 is 0 Å². The Balaban J connectivity index is 1.77. The number of nitrogens with zero attached hydrogens (tertiary/aromatic N) is 2. The van der Waals surface area contributed by atoms with E-state index in [-0.39, 0.29) is 0 Å². The summed E-state index contributed by atoms with van der Waals surface area (Å²) in [5.74, 6) is 0.864. The molecule has 0 spiro atoms. The predicted molar refractivity (Wildman–Crippen MR) is 78.1 cm³/mol. The molecule has 0 aliphatic rings. The third-order valence-corrected chi connectivity index (χ3v) is 2.91. The van der Waals surface area contributed by atoms with Gasteiger partial charge in [0.15, 0.2) is 0 Å². The highest BCUT2D eigenvalue weighted by atomic mass is 16.6. The monoisotopic (exact) mass is 273 g/mol. The van der Waals surface area contributed by atoms with Gasteiger partial charge in [-0.25, -0.2) is 4.98 Å². The van der Waals surface area contributed by atoms with Crippen LogP contribution in [-0.2, 0) is 11.3 Å². The molecule has 1 N–H and O–H groups in total. The number of rotatable bonds is 7. The van der Waals surface area contributed by atoms with Crippen LogP contribution in [-0.4, -0.2) is 29.4 Å². The number of ether oxygens (including phenoxy) is 1. The van der Waals surface area contributed by atoms with Gasteiger partial charge < -0.3 is 14.6 Å². The van der Waals surface area contributed by atoms with E-state index in [1.165, 1.54) is 0 Å². The molecule has 2 aromatic rings. The molecule has 1 heterocycles. The number of oxime groups is 1. The van der Waals surface area contributed by atoms with Crippen LogP contribution in [0.5, 0.6) is 5.75 Å². The topological polar surface area (TPSA) is 59.5 Å². The summed E-state index contributed by atoms with van der Waals surface area (Å²) in [4.78, 5) is 11.8. The van der Waals surface area contributed by atoms with E-state index in [2.05, 4.69) is 15.1 Å². The fraction of sp³-hybridized carbons (Fsp3) is 0.333. The molecule has 0 unspecified atom stereocenters. The van der Waals surface area contributed by atoms with E-state index in [0.29, 0.717) is 6.61 Å². The molecule has 0 bridgehead atoms. The third kappa shape index (κ3) is 4.12. The summed E-state index contributed by atoms with van der Waals surface area (Å²) in [5, 5.41) is 3.89. The largest absolute Gasteiger partial charge is 0.494 e. The third-order valence-electron chi connectivity index (χ3n) is 2.91. The molecule has 5 heteroatoms. The number of aryl methyl sites for hydroxylation is 1. The van der Waals surface area contributed by atoms with E-state index in [1.54, 1.807) is 13.4 Å². The van der Waals surface area contributed by atoms with Gasteiger partial charge in [0.25, 0.3) is 0 Å². The van der Waals surface area contributed by atoms with Gasteiger partial charge in [-0.2, -0.15) is 0 Å². The van der Waals surface area contributed by atoms with E-state index in [0.717, 1.165) is 35.6 Å². The van der Waals surface area contributed by atoms with E-state index in [4.69, 9.17) is 9.57 Å². The smallest absolute Gasteiger partial charge is 0.119 e. The number of nitrogens with one attached hydrogen (secondary N) is 1. The average Bonchev–Trinajstić information content (AvgIpc) is 2.98. The Morgan fingerprint density at radius 2 is 2.10 bits per heavy atom. The van der Waals surface area contributed by atoms with E-state index in [1.807, 2.05) is 37.4 Å². The molecule has 1 aromatic carbocycles. The Bertz CT molecular complexity index is 533. The highest BCUT2D eigenvalue weighted by Gasteiger charge is 2.00. The van der Waals surface area contributed by atoms with Gasteiger partial charge in [-0.15, -0.1) is 0 Å². The number of aromatic amines is 1. The molecule has 5 nitrogen and oxygen atoms in total. The van der Waals surface area contributed by atoms with Crippen LogP contribution in [0.4, 0.5) is 0 Å². The fourth-order valence-electron chi connectivity index (χ4n) is 1.86. The number of imidazole rings is 1. The van der Waals surface area contributed by atoms with Gasteiger partial charge in [-0.05, 0) is 49.6 Å². The number of hydrogen-bond donors (Lipinski definition) is 1. The molecule has 106 valence electrons. The summed E-state index contributed by atoms with van der Waals surface area (Å²) in [7, 11) is 1.54. The minimum atomic E-state index is 0.684. The number of benzene rings is 1. The lowest BCUT2D eigenvalue weighted by molar-refractivity contribution is 0.213.